The zero-order chi connectivity index (χ0) is 16.8. The number of methoxy groups -OCH3 is 2. The predicted octanol–water partition coefficient (Wildman–Crippen LogP) is 3.49. The van der Waals surface area contributed by atoms with Gasteiger partial charge in [-0.1, -0.05) is 19.9 Å². The number of rotatable bonds is 8. The quantitative estimate of drug-likeness (QED) is 0.745. The molecule has 1 aromatic heterocycles. The SMILES string of the molecule is COc1ccc(CCN(C)Cc2ncc(C(C)C)o2)cc1OC. The zero-order valence-corrected chi connectivity index (χ0v) is 14.6. The third-order valence-electron chi connectivity index (χ3n) is 3.78. The van der Waals surface area contributed by atoms with E-state index in [-0.39, 0.29) is 0 Å². The Bertz CT molecular complexity index is 622. The van der Waals surface area contributed by atoms with E-state index in [2.05, 4.69) is 36.8 Å². The summed E-state index contributed by atoms with van der Waals surface area (Å²) in [6.07, 6.45) is 2.75. The molecule has 2 rings (SSSR count). The summed E-state index contributed by atoms with van der Waals surface area (Å²) in [5, 5.41) is 0. The average molecular weight is 318 g/mol. The molecule has 0 radical (unpaired) electrons. The average Bonchev–Trinajstić information content (AvgIpc) is 3.01. The lowest BCUT2D eigenvalue weighted by molar-refractivity contribution is 0.285. The Morgan fingerprint density at radius 2 is 1.91 bits per heavy atom. The molecule has 0 unspecified atom stereocenters. The molecular weight excluding hydrogens is 292 g/mol. The summed E-state index contributed by atoms with van der Waals surface area (Å²) in [6, 6.07) is 6.03. The fourth-order valence-corrected chi connectivity index (χ4v) is 2.33. The molecule has 0 aliphatic carbocycles. The highest BCUT2D eigenvalue weighted by atomic mass is 16.5. The van der Waals surface area contributed by atoms with E-state index in [4.69, 9.17) is 13.9 Å². The number of hydrogen-bond acceptors (Lipinski definition) is 5. The highest BCUT2D eigenvalue weighted by molar-refractivity contribution is 5.42. The monoisotopic (exact) mass is 318 g/mol. The van der Waals surface area contributed by atoms with Crippen molar-refractivity contribution in [1.82, 2.24) is 9.88 Å². The molecule has 0 amide bonds. The maximum Gasteiger partial charge on any atom is 0.208 e. The van der Waals surface area contributed by atoms with Crippen LogP contribution in [-0.2, 0) is 13.0 Å². The smallest absolute Gasteiger partial charge is 0.208 e. The van der Waals surface area contributed by atoms with Crippen LogP contribution in [0.1, 0.15) is 37.0 Å². The second kappa shape index (κ2) is 8.02. The van der Waals surface area contributed by atoms with Crippen LogP contribution in [0.3, 0.4) is 0 Å². The van der Waals surface area contributed by atoms with Crippen LogP contribution < -0.4 is 9.47 Å². The van der Waals surface area contributed by atoms with E-state index in [1.54, 1.807) is 14.2 Å². The minimum atomic E-state index is 0.369. The van der Waals surface area contributed by atoms with Gasteiger partial charge in [-0.3, -0.25) is 4.90 Å². The molecule has 0 fully saturated rings. The largest absolute Gasteiger partial charge is 0.493 e. The zero-order valence-electron chi connectivity index (χ0n) is 14.6. The van der Waals surface area contributed by atoms with Gasteiger partial charge in [0.1, 0.15) is 5.76 Å². The topological polar surface area (TPSA) is 47.7 Å². The summed E-state index contributed by atoms with van der Waals surface area (Å²) >= 11 is 0. The highest BCUT2D eigenvalue weighted by Gasteiger charge is 2.10. The van der Waals surface area contributed by atoms with E-state index < -0.39 is 0 Å². The summed E-state index contributed by atoms with van der Waals surface area (Å²) in [5.74, 6) is 3.60. The van der Waals surface area contributed by atoms with Crippen molar-refractivity contribution >= 4 is 0 Å². The van der Waals surface area contributed by atoms with Crippen LogP contribution in [0.2, 0.25) is 0 Å². The van der Waals surface area contributed by atoms with Crippen molar-refractivity contribution < 1.29 is 13.9 Å². The molecule has 0 aliphatic rings. The first-order chi connectivity index (χ1) is 11.0. The maximum absolute atomic E-state index is 5.75. The van der Waals surface area contributed by atoms with Crippen molar-refractivity contribution in [3.05, 3.63) is 41.6 Å². The maximum atomic E-state index is 5.75. The Balaban J connectivity index is 1.89. The summed E-state index contributed by atoms with van der Waals surface area (Å²) < 4.78 is 16.3. The van der Waals surface area contributed by atoms with Gasteiger partial charge in [0.25, 0.3) is 0 Å². The standard InChI is InChI=1S/C18H26N2O3/c1-13(2)17-11-19-18(23-17)12-20(3)9-8-14-6-7-15(21-4)16(10-14)22-5/h6-7,10-11,13H,8-9,12H2,1-5H3. The van der Waals surface area contributed by atoms with Crippen molar-refractivity contribution in [2.45, 2.75) is 32.7 Å². The number of aromatic nitrogens is 1. The third kappa shape index (κ3) is 4.73. The van der Waals surface area contributed by atoms with Crippen LogP contribution in [-0.4, -0.2) is 37.7 Å². The fraction of sp³-hybridized carbons (Fsp3) is 0.500. The lowest BCUT2D eigenvalue weighted by Gasteiger charge is -2.15. The van der Waals surface area contributed by atoms with Gasteiger partial charge in [0.15, 0.2) is 11.5 Å². The van der Waals surface area contributed by atoms with Gasteiger partial charge < -0.3 is 13.9 Å². The van der Waals surface area contributed by atoms with Crippen LogP contribution in [0, 0.1) is 0 Å². The van der Waals surface area contributed by atoms with Gasteiger partial charge >= 0.3 is 0 Å². The van der Waals surface area contributed by atoms with E-state index in [0.29, 0.717) is 12.5 Å². The third-order valence-corrected chi connectivity index (χ3v) is 3.78. The van der Waals surface area contributed by atoms with Crippen LogP contribution in [0.15, 0.2) is 28.8 Å². The van der Waals surface area contributed by atoms with E-state index >= 15 is 0 Å². The first-order valence-electron chi connectivity index (χ1n) is 7.87. The second-order valence-corrected chi connectivity index (χ2v) is 5.99. The van der Waals surface area contributed by atoms with Crippen molar-refractivity contribution in [2.75, 3.05) is 27.8 Å². The lowest BCUT2D eigenvalue weighted by atomic mass is 10.1. The molecule has 2 aromatic rings. The molecule has 0 spiro atoms. The minimum Gasteiger partial charge on any atom is -0.493 e. The number of likely N-dealkylation sites (N-methyl/N-ethyl adjacent to an activating group) is 1. The molecule has 0 aliphatic heterocycles. The number of benzene rings is 1. The number of hydrogen-bond donors (Lipinski definition) is 0. The Kier molecular flexibility index (Phi) is 6.04. The predicted molar refractivity (Wildman–Crippen MR) is 90.2 cm³/mol. The van der Waals surface area contributed by atoms with Gasteiger partial charge in [-0.05, 0) is 31.2 Å². The molecule has 0 saturated carbocycles. The van der Waals surface area contributed by atoms with E-state index in [1.807, 2.05) is 18.3 Å². The fourth-order valence-electron chi connectivity index (χ4n) is 2.33. The van der Waals surface area contributed by atoms with Crippen molar-refractivity contribution in [3.63, 3.8) is 0 Å². The Morgan fingerprint density at radius 3 is 2.52 bits per heavy atom. The summed E-state index contributed by atoms with van der Waals surface area (Å²) in [4.78, 5) is 6.54. The van der Waals surface area contributed by atoms with Gasteiger partial charge in [-0.2, -0.15) is 0 Å². The van der Waals surface area contributed by atoms with E-state index in [0.717, 1.165) is 36.1 Å². The first kappa shape index (κ1) is 17.3. The van der Waals surface area contributed by atoms with Crippen molar-refractivity contribution in [1.29, 1.82) is 0 Å². The normalized spacial score (nSPS) is 11.3. The number of ether oxygens (including phenoxy) is 2. The Labute approximate surface area is 138 Å². The van der Waals surface area contributed by atoms with Gasteiger partial charge in [0, 0.05) is 12.5 Å². The molecule has 126 valence electrons. The summed E-state index contributed by atoms with van der Waals surface area (Å²) in [6.45, 7) is 5.82. The van der Waals surface area contributed by atoms with Crippen LogP contribution in [0.25, 0.3) is 0 Å². The highest BCUT2D eigenvalue weighted by Crippen LogP contribution is 2.27. The Hall–Kier alpha value is -2.01. The molecule has 5 heteroatoms. The summed E-state index contributed by atoms with van der Waals surface area (Å²) in [7, 11) is 5.37. The summed E-state index contributed by atoms with van der Waals surface area (Å²) in [5.41, 5.74) is 1.21. The molecule has 1 heterocycles. The molecular formula is C18H26N2O3. The first-order valence-corrected chi connectivity index (χ1v) is 7.87. The molecule has 5 nitrogen and oxygen atoms in total. The number of oxazole rings is 1. The van der Waals surface area contributed by atoms with E-state index in [1.165, 1.54) is 5.56 Å². The van der Waals surface area contributed by atoms with Gasteiger partial charge in [0.05, 0.1) is 27.0 Å². The second-order valence-electron chi connectivity index (χ2n) is 5.99. The molecule has 0 atom stereocenters. The van der Waals surface area contributed by atoms with Crippen LogP contribution >= 0.6 is 0 Å². The molecule has 0 N–H and O–H groups in total. The van der Waals surface area contributed by atoms with Crippen LogP contribution in [0.4, 0.5) is 0 Å². The van der Waals surface area contributed by atoms with Gasteiger partial charge in [-0.15, -0.1) is 0 Å². The van der Waals surface area contributed by atoms with Gasteiger partial charge in [0.2, 0.25) is 5.89 Å². The van der Waals surface area contributed by atoms with E-state index in [9.17, 15) is 0 Å². The molecule has 0 bridgehead atoms. The van der Waals surface area contributed by atoms with Gasteiger partial charge in [-0.25, -0.2) is 4.98 Å². The lowest BCUT2D eigenvalue weighted by Crippen LogP contribution is -2.20. The molecule has 23 heavy (non-hydrogen) atoms. The minimum absolute atomic E-state index is 0.369. The van der Waals surface area contributed by atoms with Crippen LogP contribution in [0.5, 0.6) is 11.5 Å². The Morgan fingerprint density at radius 1 is 1.17 bits per heavy atom. The molecule has 1 aromatic carbocycles. The van der Waals surface area contributed by atoms with Crippen molar-refractivity contribution in [2.24, 2.45) is 0 Å². The molecule has 0 saturated heterocycles. The number of nitrogens with zero attached hydrogens (tertiary/aromatic N) is 2. The van der Waals surface area contributed by atoms with Crippen molar-refractivity contribution in [3.8, 4) is 11.5 Å².